The average molecular weight is 593 g/mol. The maximum atomic E-state index is 13.1. The number of nitrogens with zero attached hydrogens (tertiary/aromatic N) is 2. The summed E-state index contributed by atoms with van der Waals surface area (Å²) in [6, 6.07) is 6.12. The van der Waals surface area contributed by atoms with Gasteiger partial charge in [-0.25, -0.2) is 9.79 Å². The second-order valence-electron chi connectivity index (χ2n) is 8.05. The van der Waals surface area contributed by atoms with E-state index in [9.17, 15) is 9.59 Å². The molecule has 12 nitrogen and oxygen atoms in total. The molecule has 0 aliphatic carbocycles. The van der Waals surface area contributed by atoms with E-state index >= 15 is 0 Å². The number of hydrogen-bond donors (Lipinski definition) is 4. The van der Waals surface area contributed by atoms with E-state index in [1.165, 1.54) is 32.2 Å². The van der Waals surface area contributed by atoms with Crippen LogP contribution in [0.2, 0.25) is 10.0 Å². The second-order valence-corrected chi connectivity index (χ2v) is 8.81. The summed E-state index contributed by atoms with van der Waals surface area (Å²) in [7, 11) is 5.99. The standard InChI is InChI=1S/C26H30Cl2N6O6/c1-6-22(35)32-17-11-15(40-10-9-37-3)7-8-16(17)31-20-13-21(30-14-29-20)34(2)26(36)33-25-23(27)18(38-4)12-19(39-5)24(25)28/h6-8,11-13,29,31H,1,9-10,14H2,2-5H3,(H,32,35)(H,33,36). The van der Waals surface area contributed by atoms with Gasteiger partial charge in [0, 0.05) is 32.4 Å². The van der Waals surface area contributed by atoms with Crippen molar-refractivity contribution in [3.8, 4) is 17.2 Å². The normalized spacial score (nSPS) is 12.2. The molecule has 0 fully saturated rings. The summed E-state index contributed by atoms with van der Waals surface area (Å²) < 4.78 is 21.2. The molecule has 3 rings (SSSR count). The summed E-state index contributed by atoms with van der Waals surface area (Å²) in [5.41, 5.74) is 1.14. The summed E-state index contributed by atoms with van der Waals surface area (Å²) in [6.45, 7) is 4.43. The summed E-state index contributed by atoms with van der Waals surface area (Å²) >= 11 is 12.8. The van der Waals surface area contributed by atoms with Gasteiger partial charge in [0.15, 0.2) is 0 Å². The number of amidine groups is 1. The minimum atomic E-state index is -0.563. The molecule has 2 aromatic rings. The molecule has 0 radical (unpaired) electrons. The summed E-state index contributed by atoms with van der Waals surface area (Å²) in [5.74, 6) is 1.55. The Hall–Kier alpha value is -4.13. The first-order valence-electron chi connectivity index (χ1n) is 11.8. The molecule has 0 bridgehead atoms. The van der Waals surface area contributed by atoms with Gasteiger partial charge in [-0.15, -0.1) is 0 Å². The van der Waals surface area contributed by atoms with Gasteiger partial charge in [-0.3, -0.25) is 9.69 Å². The van der Waals surface area contributed by atoms with Crippen LogP contribution in [0, 0.1) is 0 Å². The van der Waals surface area contributed by atoms with Crippen LogP contribution in [0.5, 0.6) is 17.2 Å². The number of benzene rings is 2. The van der Waals surface area contributed by atoms with Gasteiger partial charge in [0.25, 0.3) is 0 Å². The Morgan fingerprint density at radius 3 is 2.40 bits per heavy atom. The number of carbonyl (C=O) groups excluding carboxylic acids is 2. The van der Waals surface area contributed by atoms with E-state index in [-0.39, 0.29) is 33.9 Å². The van der Waals surface area contributed by atoms with Gasteiger partial charge in [0.1, 0.15) is 52.2 Å². The number of nitrogens with one attached hydrogen (secondary N) is 4. The van der Waals surface area contributed by atoms with Crippen molar-refractivity contribution in [2.45, 2.75) is 0 Å². The summed E-state index contributed by atoms with van der Waals surface area (Å²) in [6.07, 6.45) is 2.79. The van der Waals surface area contributed by atoms with E-state index in [0.717, 1.165) is 6.08 Å². The van der Waals surface area contributed by atoms with Crippen molar-refractivity contribution in [3.63, 3.8) is 0 Å². The number of carbonyl (C=O) groups is 2. The minimum absolute atomic E-state index is 0.115. The van der Waals surface area contributed by atoms with Crippen molar-refractivity contribution in [1.29, 1.82) is 0 Å². The number of halogens is 2. The van der Waals surface area contributed by atoms with Gasteiger partial charge in [-0.05, 0) is 18.2 Å². The fourth-order valence-electron chi connectivity index (χ4n) is 3.40. The van der Waals surface area contributed by atoms with Gasteiger partial charge >= 0.3 is 6.03 Å². The Morgan fingerprint density at radius 2 is 1.77 bits per heavy atom. The monoisotopic (exact) mass is 592 g/mol. The lowest BCUT2D eigenvalue weighted by Crippen LogP contribution is -2.39. The molecule has 0 aromatic heterocycles. The highest BCUT2D eigenvalue weighted by atomic mass is 35.5. The van der Waals surface area contributed by atoms with Crippen molar-refractivity contribution in [3.05, 3.63) is 58.9 Å². The maximum absolute atomic E-state index is 13.1. The van der Waals surface area contributed by atoms with Crippen molar-refractivity contribution in [1.82, 2.24) is 10.2 Å². The van der Waals surface area contributed by atoms with E-state index in [1.54, 1.807) is 31.4 Å². The SMILES string of the molecule is C=CC(=O)Nc1cc(OCCOC)ccc1NC1=CC(N(C)C(=O)Nc2c(Cl)c(OC)cc(OC)c2Cl)=NCN1. The van der Waals surface area contributed by atoms with Crippen LogP contribution in [-0.4, -0.2) is 70.9 Å². The molecule has 3 amide bonds. The molecular weight excluding hydrogens is 563 g/mol. The van der Waals surface area contributed by atoms with E-state index in [1.807, 2.05) is 0 Å². The predicted octanol–water partition coefficient (Wildman–Crippen LogP) is 4.54. The Kier molecular flexibility index (Phi) is 10.9. The number of amides is 3. The predicted molar refractivity (Wildman–Crippen MR) is 156 cm³/mol. The van der Waals surface area contributed by atoms with Crippen molar-refractivity contribution < 1.29 is 28.5 Å². The Bertz CT molecular complexity index is 1300. The van der Waals surface area contributed by atoms with Gasteiger partial charge < -0.3 is 40.2 Å². The minimum Gasteiger partial charge on any atom is -0.495 e. The number of ether oxygens (including phenoxy) is 4. The molecule has 0 unspecified atom stereocenters. The van der Waals surface area contributed by atoms with Crippen molar-refractivity contribution in [2.75, 3.05) is 64.2 Å². The van der Waals surface area contributed by atoms with E-state index in [0.29, 0.717) is 42.0 Å². The molecular formula is C26H30Cl2N6O6. The summed E-state index contributed by atoms with van der Waals surface area (Å²) in [4.78, 5) is 30.8. The molecule has 214 valence electrons. The van der Waals surface area contributed by atoms with Crippen molar-refractivity contribution in [2.24, 2.45) is 4.99 Å². The lowest BCUT2D eigenvalue weighted by Gasteiger charge is -2.24. The fourth-order valence-corrected chi connectivity index (χ4v) is 4.00. The van der Waals surface area contributed by atoms with Gasteiger partial charge in [0.2, 0.25) is 5.91 Å². The molecule has 40 heavy (non-hydrogen) atoms. The number of urea groups is 1. The Morgan fingerprint density at radius 1 is 1.07 bits per heavy atom. The highest BCUT2D eigenvalue weighted by Gasteiger charge is 2.23. The average Bonchev–Trinajstić information content (AvgIpc) is 2.96. The number of anilines is 3. The Balaban J connectivity index is 1.80. The Labute approximate surface area is 241 Å². The second kappa shape index (κ2) is 14.3. The third-order valence-corrected chi connectivity index (χ3v) is 6.25. The van der Waals surface area contributed by atoms with Crippen LogP contribution in [0.1, 0.15) is 0 Å². The van der Waals surface area contributed by atoms with Crippen LogP contribution in [0.3, 0.4) is 0 Å². The van der Waals surface area contributed by atoms with Gasteiger partial charge in [0.05, 0.1) is 37.9 Å². The van der Waals surface area contributed by atoms with E-state index in [2.05, 4.69) is 32.8 Å². The lowest BCUT2D eigenvalue weighted by molar-refractivity contribution is -0.111. The third-order valence-electron chi connectivity index (χ3n) is 5.50. The molecule has 2 aromatic carbocycles. The fraction of sp³-hybridized carbons (Fsp3) is 0.269. The van der Waals surface area contributed by atoms with Gasteiger partial charge in [-0.2, -0.15) is 0 Å². The zero-order valence-corrected chi connectivity index (χ0v) is 23.9. The maximum Gasteiger partial charge on any atom is 0.327 e. The number of methoxy groups -OCH3 is 3. The summed E-state index contributed by atoms with van der Waals surface area (Å²) in [5, 5.41) is 12.0. The first-order chi connectivity index (χ1) is 19.2. The van der Waals surface area contributed by atoms with Crippen LogP contribution >= 0.6 is 23.2 Å². The molecule has 0 atom stereocenters. The molecule has 0 saturated heterocycles. The number of likely N-dealkylation sites (N-methyl/N-ethyl adjacent to an activating group) is 1. The molecule has 1 aliphatic heterocycles. The molecule has 1 heterocycles. The molecule has 0 saturated carbocycles. The number of rotatable bonds is 11. The zero-order valence-electron chi connectivity index (χ0n) is 22.4. The molecule has 0 spiro atoms. The topological polar surface area (TPSA) is 135 Å². The number of hydrogen-bond acceptors (Lipinski definition) is 9. The smallest absolute Gasteiger partial charge is 0.327 e. The van der Waals surface area contributed by atoms with E-state index < -0.39 is 11.9 Å². The molecule has 1 aliphatic rings. The van der Waals surface area contributed by atoms with E-state index in [4.69, 9.17) is 42.1 Å². The lowest BCUT2D eigenvalue weighted by atomic mass is 10.2. The van der Waals surface area contributed by atoms with Crippen molar-refractivity contribution >= 4 is 58.0 Å². The zero-order chi connectivity index (χ0) is 29.2. The highest BCUT2D eigenvalue weighted by Crippen LogP contribution is 2.44. The highest BCUT2D eigenvalue weighted by molar-refractivity contribution is 6.41. The molecule has 4 N–H and O–H groups in total. The van der Waals surface area contributed by atoms with Crippen LogP contribution in [0.15, 0.2) is 53.8 Å². The first-order valence-corrected chi connectivity index (χ1v) is 12.6. The first kappa shape index (κ1) is 30.4. The van der Waals surface area contributed by atoms with Crippen LogP contribution in [0.4, 0.5) is 21.9 Å². The quantitative estimate of drug-likeness (QED) is 0.221. The van der Waals surface area contributed by atoms with Crippen LogP contribution in [-0.2, 0) is 9.53 Å². The third kappa shape index (κ3) is 7.50. The largest absolute Gasteiger partial charge is 0.495 e. The van der Waals surface area contributed by atoms with Gasteiger partial charge in [-0.1, -0.05) is 29.8 Å². The number of aliphatic imine (C=N–C) groups is 1. The van der Waals surface area contributed by atoms with Crippen LogP contribution in [0.25, 0.3) is 0 Å². The van der Waals surface area contributed by atoms with Crippen LogP contribution < -0.4 is 35.5 Å². The molecule has 14 heteroatoms.